The van der Waals surface area contributed by atoms with E-state index in [4.69, 9.17) is 10.5 Å². The van der Waals surface area contributed by atoms with Crippen molar-refractivity contribution in [3.8, 4) is 0 Å². The number of benzene rings is 1. The van der Waals surface area contributed by atoms with Crippen molar-refractivity contribution in [2.24, 2.45) is 10.7 Å². The molecule has 0 saturated heterocycles. The molecule has 1 aliphatic rings. The summed E-state index contributed by atoms with van der Waals surface area (Å²) in [4.78, 5) is 4.28. The summed E-state index contributed by atoms with van der Waals surface area (Å²) in [5, 5.41) is 0. The predicted octanol–water partition coefficient (Wildman–Crippen LogP) is 1.85. The van der Waals surface area contributed by atoms with Crippen LogP contribution in [0.2, 0.25) is 0 Å². The number of aliphatic imine (C=N–C) groups is 1. The van der Waals surface area contributed by atoms with E-state index in [9.17, 15) is 0 Å². The van der Waals surface area contributed by atoms with Crippen LogP contribution < -0.4 is 5.73 Å². The number of amidine groups is 1. The van der Waals surface area contributed by atoms with Crippen molar-refractivity contribution in [2.45, 2.75) is 25.5 Å². The van der Waals surface area contributed by atoms with Gasteiger partial charge in [0.05, 0.1) is 0 Å². The predicted molar refractivity (Wildman–Crippen MR) is 56.0 cm³/mol. The van der Waals surface area contributed by atoms with E-state index >= 15 is 0 Å². The largest absolute Gasteiger partial charge is 0.459 e. The molecule has 0 aromatic heterocycles. The summed E-state index contributed by atoms with van der Waals surface area (Å²) in [5.41, 5.74) is 6.72. The first kappa shape index (κ1) is 9.06. The van der Waals surface area contributed by atoms with E-state index in [-0.39, 0.29) is 12.1 Å². The summed E-state index contributed by atoms with van der Waals surface area (Å²) in [6.07, 6.45) is 1.02. The van der Waals surface area contributed by atoms with Crippen LogP contribution in [0.25, 0.3) is 0 Å². The number of hydrogen-bond donors (Lipinski definition) is 1. The van der Waals surface area contributed by atoms with Crippen LogP contribution in [-0.2, 0) is 4.74 Å². The summed E-state index contributed by atoms with van der Waals surface area (Å²) in [5.74, 6) is 0. The standard InChI is InChI=1S/C11H14N2O/c1-2-9-10(13-11(12)14-9)8-6-4-3-5-7-8/h3-7,9-10H,2H2,1H3,(H2,12,13). The van der Waals surface area contributed by atoms with E-state index in [1.165, 1.54) is 5.56 Å². The lowest BCUT2D eigenvalue weighted by atomic mass is 10.0. The maximum absolute atomic E-state index is 5.56. The summed E-state index contributed by atoms with van der Waals surface area (Å²) in [6.45, 7) is 2.08. The second-order valence-corrected chi connectivity index (χ2v) is 3.39. The summed E-state index contributed by atoms with van der Waals surface area (Å²) in [7, 11) is 0. The molecule has 1 aromatic rings. The molecule has 0 bridgehead atoms. The number of rotatable bonds is 2. The van der Waals surface area contributed by atoms with Gasteiger partial charge < -0.3 is 10.5 Å². The fourth-order valence-corrected chi connectivity index (χ4v) is 1.72. The Kier molecular flexibility index (Phi) is 2.39. The van der Waals surface area contributed by atoms with Gasteiger partial charge in [0.15, 0.2) is 0 Å². The molecule has 2 N–H and O–H groups in total. The molecule has 1 aromatic carbocycles. The van der Waals surface area contributed by atoms with Gasteiger partial charge in [-0.2, -0.15) is 0 Å². The number of nitrogens with zero attached hydrogens (tertiary/aromatic N) is 1. The molecule has 3 heteroatoms. The Labute approximate surface area is 83.6 Å². The minimum absolute atomic E-state index is 0.0706. The molecule has 0 spiro atoms. The van der Waals surface area contributed by atoms with Crippen molar-refractivity contribution in [1.82, 2.24) is 0 Å². The van der Waals surface area contributed by atoms with Gasteiger partial charge in [-0.1, -0.05) is 37.3 Å². The van der Waals surface area contributed by atoms with E-state index in [2.05, 4.69) is 24.0 Å². The zero-order valence-electron chi connectivity index (χ0n) is 8.18. The van der Waals surface area contributed by atoms with Crippen molar-refractivity contribution in [3.05, 3.63) is 35.9 Å². The molecule has 0 fully saturated rings. The van der Waals surface area contributed by atoms with Crippen LogP contribution in [0, 0.1) is 0 Å². The molecule has 0 saturated carbocycles. The summed E-state index contributed by atoms with van der Waals surface area (Å²) >= 11 is 0. The minimum atomic E-state index is 0.0706. The Morgan fingerprint density at radius 1 is 1.36 bits per heavy atom. The van der Waals surface area contributed by atoms with Gasteiger partial charge in [-0.3, -0.25) is 0 Å². The zero-order valence-corrected chi connectivity index (χ0v) is 8.18. The topological polar surface area (TPSA) is 47.6 Å². The molecule has 3 nitrogen and oxygen atoms in total. The average molecular weight is 190 g/mol. The molecule has 74 valence electrons. The monoisotopic (exact) mass is 190 g/mol. The molecule has 14 heavy (non-hydrogen) atoms. The van der Waals surface area contributed by atoms with Crippen molar-refractivity contribution < 1.29 is 4.74 Å². The van der Waals surface area contributed by atoms with Gasteiger partial charge in [-0.05, 0) is 12.0 Å². The minimum Gasteiger partial charge on any atom is -0.459 e. The average Bonchev–Trinajstić information content (AvgIpc) is 2.61. The van der Waals surface area contributed by atoms with Crippen LogP contribution in [0.1, 0.15) is 24.9 Å². The first-order chi connectivity index (χ1) is 6.81. The maximum Gasteiger partial charge on any atom is 0.283 e. The van der Waals surface area contributed by atoms with Gasteiger partial charge >= 0.3 is 0 Å². The van der Waals surface area contributed by atoms with Crippen LogP contribution in [0.3, 0.4) is 0 Å². The fraction of sp³-hybridized carbons (Fsp3) is 0.364. The van der Waals surface area contributed by atoms with Crippen LogP contribution in [0.15, 0.2) is 35.3 Å². The SMILES string of the molecule is CCC1OC(N)=NC1c1ccccc1. The van der Waals surface area contributed by atoms with Gasteiger partial charge in [0.2, 0.25) is 0 Å². The molecule has 1 heterocycles. The van der Waals surface area contributed by atoms with Crippen molar-refractivity contribution in [2.75, 3.05) is 0 Å². The molecule has 0 amide bonds. The highest BCUT2D eigenvalue weighted by Gasteiger charge is 2.29. The third kappa shape index (κ3) is 1.58. The molecule has 2 unspecified atom stereocenters. The van der Waals surface area contributed by atoms with Gasteiger partial charge in [-0.15, -0.1) is 0 Å². The first-order valence-corrected chi connectivity index (χ1v) is 4.86. The molecular weight excluding hydrogens is 176 g/mol. The number of ether oxygens (including phenoxy) is 1. The smallest absolute Gasteiger partial charge is 0.283 e. The quantitative estimate of drug-likeness (QED) is 0.773. The van der Waals surface area contributed by atoms with Gasteiger partial charge in [-0.25, -0.2) is 4.99 Å². The molecule has 0 radical (unpaired) electrons. The summed E-state index contributed by atoms with van der Waals surface area (Å²) in [6, 6.07) is 10.5. The zero-order chi connectivity index (χ0) is 9.97. The van der Waals surface area contributed by atoms with Gasteiger partial charge in [0.25, 0.3) is 6.02 Å². The van der Waals surface area contributed by atoms with E-state index in [1.807, 2.05) is 18.2 Å². The Morgan fingerprint density at radius 3 is 2.71 bits per heavy atom. The molecule has 1 aliphatic heterocycles. The van der Waals surface area contributed by atoms with Crippen molar-refractivity contribution in [3.63, 3.8) is 0 Å². The third-order valence-electron chi connectivity index (χ3n) is 2.43. The van der Waals surface area contributed by atoms with Crippen LogP contribution in [0.5, 0.6) is 0 Å². The Bertz CT molecular complexity index is 334. The third-order valence-corrected chi connectivity index (χ3v) is 2.43. The maximum atomic E-state index is 5.56. The number of nitrogens with two attached hydrogens (primary N) is 1. The van der Waals surface area contributed by atoms with Crippen LogP contribution in [0.4, 0.5) is 0 Å². The van der Waals surface area contributed by atoms with Crippen LogP contribution >= 0.6 is 0 Å². The van der Waals surface area contributed by atoms with Crippen molar-refractivity contribution >= 4 is 6.02 Å². The molecule has 2 atom stereocenters. The normalized spacial score (nSPS) is 25.6. The summed E-state index contributed by atoms with van der Waals surface area (Å²) < 4.78 is 5.41. The first-order valence-electron chi connectivity index (χ1n) is 4.86. The Hall–Kier alpha value is -1.51. The highest BCUT2D eigenvalue weighted by atomic mass is 16.5. The highest BCUT2D eigenvalue weighted by molar-refractivity contribution is 5.73. The second-order valence-electron chi connectivity index (χ2n) is 3.39. The second kappa shape index (κ2) is 3.70. The Balaban J connectivity index is 2.25. The fourth-order valence-electron chi connectivity index (χ4n) is 1.72. The molecule has 0 aliphatic carbocycles. The molecular formula is C11H14N2O. The Morgan fingerprint density at radius 2 is 2.07 bits per heavy atom. The molecule has 2 rings (SSSR count). The van der Waals surface area contributed by atoms with Gasteiger partial charge in [0, 0.05) is 0 Å². The van der Waals surface area contributed by atoms with E-state index in [0.29, 0.717) is 6.02 Å². The lowest BCUT2D eigenvalue weighted by molar-refractivity contribution is 0.185. The highest BCUT2D eigenvalue weighted by Crippen LogP contribution is 2.29. The number of hydrogen-bond acceptors (Lipinski definition) is 3. The lowest BCUT2D eigenvalue weighted by Gasteiger charge is -2.14. The van der Waals surface area contributed by atoms with E-state index in [0.717, 1.165) is 6.42 Å². The van der Waals surface area contributed by atoms with Gasteiger partial charge in [0.1, 0.15) is 12.1 Å². The lowest BCUT2D eigenvalue weighted by Crippen LogP contribution is -2.18. The van der Waals surface area contributed by atoms with E-state index in [1.54, 1.807) is 0 Å². The van der Waals surface area contributed by atoms with Crippen molar-refractivity contribution in [1.29, 1.82) is 0 Å². The van der Waals surface area contributed by atoms with E-state index < -0.39 is 0 Å². The van der Waals surface area contributed by atoms with Crippen LogP contribution in [-0.4, -0.2) is 12.1 Å².